The van der Waals surface area contributed by atoms with E-state index in [0.29, 0.717) is 30.2 Å². The molecule has 2 aromatic rings. The van der Waals surface area contributed by atoms with Gasteiger partial charge in [-0.15, -0.1) is 6.42 Å². The number of ether oxygens (including phenoxy) is 3. The molecule has 0 heterocycles. The Hall–Kier alpha value is -3.24. The fraction of sp³-hybridized carbons (Fsp3) is 0.286. The zero-order valence-corrected chi connectivity index (χ0v) is 15.5. The van der Waals surface area contributed by atoms with Crippen LogP contribution in [0.1, 0.15) is 5.56 Å². The van der Waals surface area contributed by atoms with Crippen molar-refractivity contribution in [3.05, 3.63) is 53.8 Å². The first-order valence-electron chi connectivity index (χ1n) is 8.60. The van der Waals surface area contributed by atoms with E-state index in [-0.39, 0.29) is 13.2 Å². The first kappa shape index (κ1) is 21.1. The highest BCUT2D eigenvalue weighted by molar-refractivity contribution is 5.80. The number of carbonyl (C=O) groups is 1. The molecule has 0 bridgehead atoms. The van der Waals surface area contributed by atoms with Crippen molar-refractivity contribution in [1.29, 1.82) is 0 Å². The van der Waals surface area contributed by atoms with Crippen LogP contribution in [0.25, 0.3) is 0 Å². The Labute approximate surface area is 163 Å². The second-order valence-electron chi connectivity index (χ2n) is 5.80. The number of aliphatic hydroxyl groups is 1. The van der Waals surface area contributed by atoms with Crippen molar-refractivity contribution in [2.24, 2.45) is 0 Å². The molecular weight excluding hydrogens is 365 g/mol. The van der Waals surface area contributed by atoms with Crippen LogP contribution in [0.3, 0.4) is 0 Å². The van der Waals surface area contributed by atoms with Crippen molar-refractivity contribution in [3.8, 4) is 29.6 Å². The van der Waals surface area contributed by atoms with E-state index < -0.39 is 17.8 Å². The van der Waals surface area contributed by atoms with E-state index in [1.54, 1.807) is 12.1 Å². The van der Waals surface area contributed by atoms with Gasteiger partial charge in [-0.25, -0.2) is 4.39 Å². The number of aliphatic hydroxyl groups excluding tert-OH is 1. The van der Waals surface area contributed by atoms with E-state index in [0.717, 1.165) is 5.56 Å². The van der Waals surface area contributed by atoms with E-state index in [4.69, 9.17) is 20.6 Å². The maximum absolute atomic E-state index is 12.8. The molecule has 0 aliphatic heterocycles. The summed E-state index contributed by atoms with van der Waals surface area (Å²) in [6.07, 6.45) is 4.37. The molecule has 0 aliphatic carbocycles. The van der Waals surface area contributed by atoms with Crippen molar-refractivity contribution in [1.82, 2.24) is 5.32 Å². The van der Waals surface area contributed by atoms with Crippen LogP contribution in [0, 0.1) is 18.2 Å². The fourth-order valence-corrected chi connectivity index (χ4v) is 2.34. The number of halogens is 1. The third-order valence-corrected chi connectivity index (χ3v) is 3.78. The summed E-state index contributed by atoms with van der Waals surface area (Å²) in [7, 11) is 1.53. The third-order valence-electron chi connectivity index (χ3n) is 3.78. The summed E-state index contributed by atoms with van der Waals surface area (Å²) in [4.78, 5) is 11.9. The van der Waals surface area contributed by atoms with Gasteiger partial charge >= 0.3 is 0 Å². The average Bonchev–Trinajstić information content (AvgIpc) is 2.71. The van der Waals surface area contributed by atoms with E-state index in [9.17, 15) is 14.3 Å². The van der Waals surface area contributed by atoms with Gasteiger partial charge in [0.05, 0.1) is 7.11 Å². The molecule has 1 amide bonds. The van der Waals surface area contributed by atoms with Gasteiger partial charge in [0.25, 0.3) is 5.91 Å². The molecule has 2 rings (SSSR count). The number of rotatable bonds is 10. The van der Waals surface area contributed by atoms with Crippen molar-refractivity contribution in [2.75, 3.05) is 26.9 Å². The average molecular weight is 387 g/mol. The summed E-state index contributed by atoms with van der Waals surface area (Å²) in [5.41, 5.74) is 0.919. The summed E-state index contributed by atoms with van der Waals surface area (Å²) in [5, 5.41) is 12.5. The predicted molar refractivity (Wildman–Crippen MR) is 102 cm³/mol. The van der Waals surface area contributed by atoms with Crippen molar-refractivity contribution >= 4 is 5.91 Å². The van der Waals surface area contributed by atoms with Crippen LogP contribution in [0.4, 0.5) is 4.39 Å². The molecule has 28 heavy (non-hydrogen) atoms. The van der Waals surface area contributed by atoms with Crippen LogP contribution in [0.15, 0.2) is 42.5 Å². The standard InChI is InChI=1S/C21H22FNO5/c1-3-12-27-19-9-4-15(13-20(19)26-2)10-11-23-21(25)18(24)14-28-17-7-5-16(22)6-8-17/h1,4-9,13,18,24H,10-12,14H2,2H3,(H,23,25)/t18-/m1/s1. The monoisotopic (exact) mass is 387 g/mol. The van der Waals surface area contributed by atoms with Crippen LogP contribution < -0.4 is 19.5 Å². The Kier molecular flexibility index (Phi) is 8.12. The molecule has 0 radical (unpaired) electrons. The van der Waals surface area contributed by atoms with E-state index in [2.05, 4.69) is 11.2 Å². The summed E-state index contributed by atoms with van der Waals surface area (Å²) in [6, 6.07) is 10.7. The number of hydrogen-bond donors (Lipinski definition) is 2. The number of hydrogen-bond acceptors (Lipinski definition) is 5. The molecule has 148 valence electrons. The number of carbonyl (C=O) groups excluding carboxylic acids is 1. The predicted octanol–water partition coefficient (Wildman–Crippen LogP) is 1.94. The molecule has 0 unspecified atom stereocenters. The zero-order valence-electron chi connectivity index (χ0n) is 15.5. The lowest BCUT2D eigenvalue weighted by Crippen LogP contribution is -2.39. The lowest BCUT2D eigenvalue weighted by molar-refractivity contribution is -0.130. The van der Waals surface area contributed by atoms with Crippen molar-refractivity contribution in [2.45, 2.75) is 12.5 Å². The number of amides is 1. The van der Waals surface area contributed by atoms with Gasteiger partial charge in [0, 0.05) is 6.54 Å². The normalized spacial score (nSPS) is 11.2. The number of benzene rings is 2. The molecule has 2 aromatic carbocycles. The van der Waals surface area contributed by atoms with Gasteiger partial charge in [0.1, 0.15) is 24.8 Å². The molecule has 2 N–H and O–H groups in total. The van der Waals surface area contributed by atoms with Gasteiger partial charge in [-0.3, -0.25) is 4.79 Å². The molecule has 7 heteroatoms. The summed E-state index contributed by atoms with van der Waals surface area (Å²) < 4.78 is 28.7. The van der Waals surface area contributed by atoms with Crippen LogP contribution in [0.5, 0.6) is 17.2 Å². The highest BCUT2D eigenvalue weighted by atomic mass is 19.1. The molecular formula is C21H22FNO5. The highest BCUT2D eigenvalue weighted by Gasteiger charge is 2.15. The van der Waals surface area contributed by atoms with E-state index in [1.807, 2.05) is 6.07 Å². The summed E-state index contributed by atoms with van der Waals surface area (Å²) in [5.74, 6) is 2.90. The Morgan fingerprint density at radius 1 is 1.21 bits per heavy atom. The maximum Gasteiger partial charge on any atom is 0.252 e. The molecule has 0 saturated carbocycles. The number of terminal acetylenes is 1. The van der Waals surface area contributed by atoms with E-state index in [1.165, 1.54) is 31.4 Å². The van der Waals surface area contributed by atoms with Gasteiger partial charge in [0.15, 0.2) is 17.6 Å². The Morgan fingerprint density at radius 2 is 1.96 bits per heavy atom. The summed E-state index contributed by atoms with van der Waals surface area (Å²) >= 11 is 0. The lowest BCUT2D eigenvalue weighted by atomic mass is 10.1. The number of methoxy groups -OCH3 is 1. The Bertz CT molecular complexity index is 817. The minimum Gasteiger partial charge on any atom is -0.493 e. The van der Waals surface area contributed by atoms with Gasteiger partial charge in [-0.05, 0) is 48.4 Å². The molecule has 0 saturated heterocycles. The Morgan fingerprint density at radius 3 is 2.64 bits per heavy atom. The van der Waals surface area contributed by atoms with Gasteiger partial charge in [-0.1, -0.05) is 12.0 Å². The maximum atomic E-state index is 12.8. The highest BCUT2D eigenvalue weighted by Crippen LogP contribution is 2.28. The van der Waals surface area contributed by atoms with Gasteiger partial charge < -0.3 is 24.6 Å². The first-order valence-corrected chi connectivity index (χ1v) is 8.60. The second kappa shape index (κ2) is 10.8. The minimum atomic E-state index is -1.33. The minimum absolute atomic E-state index is 0.143. The number of nitrogens with one attached hydrogen (secondary N) is 1. The van der Waals surface area contributed by atoms with Crippen LogP contribution >= 0.6 is 0 Å². The molecule has 1 atom stereocenters. The van der Waals surface area contributed by atoms with E-state index >= 15 is 0 Å². The van der Waals surface area contributed by atoms with Crippen molar-refractivity contribution in [3.63, 3.8) is 0 Å². The topological polar surface area (TPSA) is 77.0 Å². The van der Waals surface area contributed by atoms with Gasteiger partial charge in [-0.2, -0.15) is 0 Å². The zero-order chi connectivity index (χ0) is 20.4. The lowest BCUT2D eigenvalue weighted by Gasteiger charge is -2.13. The van der Waals surface area contributed by atoms with Crippen molar-refractivity contribution < 1.29 is 28.5 Å². The largest absolute Gasteiger partial charge is 0.493 e. The summed E-state index contributed by atoms with van der Waals surface area (Å²) in [6.45, 7) is 0.232. The third kappa shape index (κ3) is 6.49. The van der Waals surface area contributed by atoms with Crippen LogP contribution in [-0.2, 0) is 11.2 Å². The molecule has 6 nitrogen and oxygen atoms in total. The van der Waals surface area contributed by atoms with Gasteiger partial charge in [0.2, 0.25) is 0 Å². The molecule has 0 aromatic heterocycles. The molecule has 0 aliphatic rings. The quantitative estimate of drug-likeness (QED) is 0.610. The Balaban J connectivity index is 1.77. The smallest absolute Gasteiger partial charge is 0.252 e. The fourth-order valence-electron chi connectivity index (χ4n) is 2.34. The SMILES string of the molecule is C#CCOc1ccc(CCNC(=O)[C@H](O)COc2ccc(F)cc2)cc1OC. The molecule has 0 spiro atoms. The second-order valence-corrected chi connectivity index (χ2v) is 5.80. The van der Waals surface area contributed by atoms with Crippen LogP contribution in [-0.4, -0.2) is 44.0 Å². The first-order chi connectivity index (χ1) is 13.5. The van der Waals surface area contributed by atoms with Crippen LogP contribution in [0.2, 0.25) is 0 Å². The molecule has 0 fully saturated rings.